The second-order valence-electron chi connectivity index (χ2n) is 25.6. The summed E-state index contributed by atoms with van der Waals surface area (Å²) in [6, 6.07) is -1.04. The molecule has 1 rings (SSSR count). The second kappa shape index (κ2) is 67.8. The summed E-state index contributed by atoms with van der Waals surface area (Å²) in [6.45, 7) is 5.66. The van der Waals surface area contributed by atoms with Gasteiger partial charge in [0.05, 0.1) is 25.4 Å². The van der Waals surface area contributed by atoms with Crippen LogP contribution in [0.2, 0.25) is 0 Å². The molecule has 0 aromatic heterocycles. The van der Waals surface area contributed by atoms with Gasteiger partial charge in [-0.2, -0.15) is 0 Å². The smallest absolute Gasteiger partial charge is 0.306 e. The highest BCUT2D eigenvalue weighted by atomic mass is 16.7. The molecule has 532 valence electrons. The molecule has 0 radical (unpaired) electrons. The van der Waals surface area contributed by atoms with E-state index in [0.717, 1.165) is 141 Å². The van der Waals surface area contributed by atoms with E-state index >= 15 is 0 Å². The molecule has 1 fully saturated rings. The first-order valence-electron chi connectivity index (χ1n) is 38.0. The lowest BCUT2D eigenvalue weighted by molar-refractivity contribution is -0.305. The Morgan fingerprint density at radius 3 is 1.18 bits per heavy atom. The van der Waals surface area contributed by atoms with E-state index in [1.165, 1.54) is 122 Å². The summed E-state index contributed by atoms with van der Waals surface area (Å²) in [5.41, 5.74) is 0. The van der Waals surface area contributed by atoms with Crippen LogP contribution in [-0.2, 0) is 23.8 Å². The molecule has 1 amide bonds. The third-order valence-corrected chi connectivity index (χ3v) is 17.0. The van der Waals surface area contributed by atoms with E-state index < -0.39 is 67.4 Å². The van der Waals surface area contributed by atoms with Crippen LogP contribution in [0.1, 0.15) is 310 Å². The SMILES string of the molecule is CC/C=C\C/C=C\C/C=C\C/C=C\C/C=C\C/C=C\CCCCCCCCCCC(=O)OC1C(OCC(NC(=O)C(O)CCCCCCCCCCCC/C=C\C/C=C\C/C=C\C/C=C\CCCCC)C(O)/C=C/CCCCCCCCCCC)OC(CO)C(O)C1O. The van der Waals surface area contributed by atoms with Crippen molar-refractivity contribution in [2.24, 2.45) is 0 Å². The molecule has 11 nitrogen and oxygen atoms in total. The number of carbonyl (C=O) groups excluding carboxylic acids is 2. The zero-order chi connectivity index (χ0) is 67.4. The van der Waals surface area contributed by atoms with Gasteiger partial charge in [0.1, 0.15) is 24.4 Å². The number of aliphatic hydroxyl groups excluding tert-OH is 5. The fourth-order valence-corrected chi connectivity index (χ4v) is 11.1. The van der Waals surface area contributed by atoms with Crippen LogP contribution in [0, 0.1) is 0 Å². The molecule has 8 atom stereocenters. The molecule has 0 bridgehead atoms. The Labute approximate surface area is 569 Å². The van der Waals surface area contributed by atoms with Crippen LogP contribution >= 0.6 is 0 Å². The average Bonchev–Trinajstić information content (AvgIpc) is 0.842. The highest BCUT2D eigenvalue weighted by Gasteiger charge is 2.47. The van der Waals surface area contributed by atoms with E-state index in [1.54, 1.807) is 6.08 Å². The third-order valence-electron chi connectivity index (χ3n) is 17.0. The Hall–Kier alpha value is -4.20. The lowest BCUT2D eigenvalue weighted by atomic mass is 9.99. The number of rotatable bonds is 64. The van der Waals surface area contributed by atoms with Gasteiger partial charge in [0.2, 0.25) is 5.91 Å². The summed E-state index contributed by atoms with van der Waals surface area (Å²) < 4.78 is 17.7. The van der Waals surface area contributed by atoms with E-state index in [-0.39, 0.29) is 19.4 Å². The van der Waals surface area contributed by atoms with Crippen LogP contribution < -0.4 is 5.32 Å². The Morgan fingerprint density at radius 2 is 0.774 bits per heavy atom. The van der Waals surface area contributed by atoms with Gasteiger partial charge in [0.25, 0.3) is 0 Å². The maximum absolute atomic E-state index is 13.5. The predicted octanol–water partition coefficient (Wildman–Crippen LogP) is 20.3. The molecular weight excluding hydrogens is 1160 g/mol. The van der Waals surface area contributed by atoms with Crippen molar-refractivity contribution in [1.29, 1.82) is 0 Å². The van der Waals surface area contributed by atoms with Gasteiger partial charge in [0, 0.05) is 6.42 Å². The Kier molecular flexibility index (Phi) is 63.3. The highest BCUT2D eigenvalue weighted by molar-refractivity contribution is 5.80. The molecule has 11 heteroatoms. The Bertz CT molecular complexity index is 2030. The molecule has 8 unspecified atom stereocenters. The first-order chi connectivity index (χ1) is 45.7. The number of hydrogen-bond acceptors (Lipinski definition) is 10. The first-order valence-corrected chi connectivity index (χ1v) is 38.0. The summed E-state index contributed by atoms with van der Waals surface area (Å²) in [5.74, 6) is -1.21. The summed E-state index contributed by atoms with van der Waals surface area (Å²) in [6.07, 6.45) is 86.3. The number of nitrogens with one attached hydrogen (secondary N) is 1. The summed E-state index contributed by atoms with van der Waals surface area (Å²) >= 11 is 0. The highest BCUT2D eigenvalue weighted by Crippen LogP contribution is 2.26. The van der Waals surface area contributed by atoms with Gasteiger partial charge in [-0.25, -0.2) is 0 Å². The van der Waals surface area contributed by atoms with Crippen molar-refractivity contribution in [3.05, 3.63) is 134 Å². The van der Waals surface area contributed by atoms with Crippen molar-refractivity contribution in [3.8, 4) is 0 Å². The summed E-state index contributed by atoms with van der Waals surface area (Å²) in [7, 11) is 0. The largest absolute Gasteiger partial charge is 0.454 e. The van der Waals surface area contributed by atoms with Crippen molar-refractivity contribution in [3.63, 3.8) is 0 Å². The zero-order valence-electron chi connectivity index (χ0n) is 59.3. The van der Waals surface area contributed by atoms with Crippen molar-refractivity contribution in [1.82, 2.24) is 5.32 Å². The van der Waals surface area contributed by atoms with Gasteiger partial charge < -0.3 is 45.1 Å². The molecule has 0 saturated carbocycles. The number of esters is 1. The molecule has 93 heavy (non-hydrogen) atoms. The van der Waals surface area contributed by atoms with Crippen LogP contribution in [0.4, 0.5) is 0 Å². The third kappa shape index (κ3) is 54.6. The fourth-order valence-electron chi connectivity index (χ4n) is 11.1. The number of aliphatic hydroxyl groups is 5. The molecular formula is C82H139NO10. The van der Waals surface area contributed by atoms with Gasteiger partial charge in [0.15, 0.2) is 12.4 Å². The number of unbranched alkanes of at least 4 members (excludes halogenated alkanes) is 30. The minimum Gasteiger partial charge on any atom is -0.454 e. The number of carbonyl (C=O) groups is 2. The monoisotopic (exact) mass is 1300 g/mol. The molecule has 0 spiro atoms. The molecule has 0 aliphatic carbocycles. The van der Waals surface area contributed by atoms with E-state index in [1.807, 2.05) is 6.08 Å². The zero-order valence-corrected chi connectivity index (χ0v) is 59.3. The van der Waals surface area contributed by atoms with E-state index in [9.17, 15) is 35.1 Å². The number of allylic oxidation sites excluding steroid dienone is 21. The van der Waals surface area contributed by atoms with E-state index in [2.05, 4.69) is 148 Å². The van der Waals surface area contributed by atoms with Crippen molar-refractivity contribution in [2.75, 3.05) is 13.2 Å². The lowest BCUT2D eigenvalue weighted by Crippen LogP contribution is -2.61. The minimum atomic E-state index is -1.63. The molecule has 0 aromatic rings. The molecule has 0 aromatic carbocycles. The number of hydrogen-bond donors (Lipinski definition) is 6. The topological polar surface area (TPSA) is 175 Å². The Balaban J connectivity index is 2.53. The van der Waals surface area contributed by atoms with Crippen LogP contribution in [0.5, 0.6) is 0 Å². The fraction of sp³-hybridized carbons (Fsp3) is 0.707. The van der Waals surface area contributed by atoms with Crippen molar-refractivity contribution >= 4 is 11.9 Å². The van der Waals surface area contributed by atoms with Gasteiger partial charge in [-0.3, -0.25) is 9.59 Å². The quantitative estimate of drug-likeness (QED) is 0.0195. The van der Waals surface area contributed by atoms with Crippen LogP contribution in [0.25, 0.3) is 0 Å². The second-order valence-corrected chi connectivity index (χ2v) is 25.6. The van der Waals surface area contributed by atoms with Gasteiger partial charge >= 0.3 is 5.97 Å². The van der Waals surface area contributed by atoms with Crippen LogP contribution in [0.3, 0.4) is 0 Å². The molecule has 1 saturated heterocycles. The molecule has 6 N–H and O–H groups in total. The molecule has 1 aliphatic rings. The van der Waals surface area contributed by atoms with Gasteiger partial charge in [-0.15, -0.1) is 0 Å². The maximum atomic E-state index is 13.5. The normalized spacial score (nSPS) is 18.6. The van der Waals surface area contributed by atoms with Crippen molar-refractivity contribution in [2.45, 2.75) is 359 Å². The first kappa shape index (κ1) is 86.8. The predicted molar refractivity (Wildman–Crippen MR) is 393 cm³/mol. The average molecular weight is 1300 g/mol. The van der Waals surface area contributed by atoms with Crippen LogP contribution in [-0.4, -0.2) is 99.6 Å². The summed E-state index contributed by atoms with van der Waals surface area (Å²) in [4.78, 5) is 26.7. The molecule has 1 aliphatic heterocycles. The van der Waals surface area contributed by atoms with E-state index in [0.29, 0.717) is 12.8 Å². The van der Waals surface area contributed by atoms with Gasteiger partial charge in [-0.05, 0) is 122 Å². The van der Waals surface area contributed by atoms with Crippen molar-refractivity contribution < 1.29 is 49.3 Å². The Morgan fingerprint density at radius 1 is 0.430 bits per heavy atom. The standard InChI is InChI=1S/C82H139NO10/c1-4-7-10-13-16-19-22-24-26-28-30-32-34-36-38-40-42-44-46-48-50-52-55-58-61-64-67-70-77(87)93-80-79(89)78(88)76(71-84)92-82(80)91-72-73(74(85)68-65-62-59-56-53-21-18-15-12-9-6-3)83-81(90)75(86)69-66-63-60-57-54-51-49-47-45-43-41-39-37-35-33-31-29-27-25-23-20-17-14-11-8-5-2/h7,10,16-17,19-20,24-27,30-33,36-39,42,44,65,68,73-76,78-80,82,84-86,88-89H,4-6,8-9,11-15,18,21-23,28-29,34-35,40-41,43,45-64,66-67,69-72H2,1-3H3,(H,83,90)/b10-7-,19-16-,20-17-,26-24-,27-25-,32-30-,33-31-,38-36-,39-37-,44-42-,68-65+. The minimum absolute atomic E-state index is 0.106. The van der Waals surface area contributed by atoms with Gasteiger partial charge in [-0.1, -0.05) is 315 Å². The lowest BCUT2D eigenvalue weighted by Gasteiger charge is -2.41. The van der Waals surface area contributed by atoms with Crippen LogP contribution in [0.15, 0.2) is 134 Å². The van der Waals surface area contributed by atoms with E-state index in [4.69, 9.17) is 14.2 Å². The maximum Gasteiger partial charge on any atom is 0.306 e. The number of ether oxygens (including phenoxy) is 3. The number of amides is 1. The summed E-state index contributed by atoms with van der Waals surface area (Å²) in [5, 5.41) is 57.3. The molecule has 1 heterocycles.